The summed E-state index contributed by atoms with van der Waals surface area (Å²) in [6, 6.07) is 6.62. The van der Waals surface area contributed by atoms with E-state index in [1.807, 2.05) is 0 Å². The number of hydrogen-bond donors (Lipinski definition) is 2. The van der Waals surface area contributed by atoms with Crippen molar-refractivity contribution in [3.8, 4) is 11.1 Å². The van der Waals surface area contributed by atoms with Crippen LogP contribution < -0.4 is 9.62 Å². The second-order valence-electron chi connectivity index (χ2n) is 9.58. The van der Waals surface area contributed by atoms with Gasteiger partial charge in [0.2, 0.25) is 10.0 Å². The van der Waals surface area contributed by atoms with E-state index in [0.29, 0.717) is 28.4 Å². The van der Waals surface area contributed by atoms with Gasteiger partial charge in [0.1, 0.15) is 10.7 Å². The quantitative estimate of drug-likeness (QED) is 0.430. The Morgan fingerprint density at radius 3 is 2.60 bits per heavy atom. The molecule has 0 unspecified atom stereocenters. The Labute approximate surface area is 211 Å². The lowest BCUT2D eigenvalue weighted by atomic mass is 9.84. The van der Waals surface area contributed by atoms with Crippen molar-refractivity contribution in [2.45, 2.75) is 69.2 Å². The highest BCUT2D eigenvalue weighted by molar-refractivity contribution is 7.89. The molecule has 1 fully saturated rings. The maximum absolute atomic E-state index is 14.0. The summed E-state index contributed by atoms with van der Waals surface area (Å²) in [4.78, 5) is 13.7. The molecule has 1 aliphatic heterocycles. The molecular weight excluding hydrogens is 491 g/mol. The molecule has 0 aromatic heterocycles. The molecule has 1 aliphatic carbocycles. The van der Waals surface area contributed by atoms with Crippen LogP contribution >= 0.6 is 11.6 Å². The Bertz CT molecular complexity index is 1200. The number of carboxylic acid groups (broad SMARTS) is 1. The second kappa shape index (κ2) is 10.8. The summed E-state index contributed by atoms with van der Waals surface area (Å²) in [5.74, 6) is -1.98. The van der Waals surface area contributed by atoms with Crippen LogP contribution in [0.1, 0.15) is 68.6 Å². The minimum atomic E-state index is -3.86. The number of rotatable bonds is 7. The first-order chi connectivity index (χ1) is 16.7. The Hall–Kier alpha value is -2.16. The van der Waals surface area contributed by atoms with E-state index in [1.165, 1.54) is 24.6 Å². The molecule has 0 saturated heterocycles. The van der Waals surface area contributed by atoms with Crippen molar-refractivity contribution in [2.24, 2.45) is 5.92 Å². The van der Waals surface area contributed by atoms with E-state index in [1.54, 1.807) is 6.07 Å². The standard InChI is InChI=1S/C26H32ClFN2O4S/c1-2-3-7-12-30-16-23(17-8-5-4-6-9-17)29-35(33,34)25-14-19(21(27)15-24(25)30)18-10-11-22(28)20(13-18)26(31)32/h10-11,13-15,17,23,29H,2-9,12,16H2,1H3,(H,31,32)/t23-/m0/s1. The maximum atomic E-state index is 14.0. The Balaban J connectivity index is 1.80. The second-order valence-corrected chi connectivity index (χ2v) is 11.7. The van der Waals surface area contributed by atoms with Crippen LogP contribution in [0.25, 0.3) is 11.1 Å². The first-order valence-corrected chi connectivity index (χ1v) is 14.2. The van der Waals surface area contributed by atoms with Crippen LogP contribution in [0.3, 0.4) is 0 Å². The van der Waals surface area contributed by atoms with Gasteiger partial charge in [-0.15, -0.1) is 0 Å². The summed E-state index contributed by atoms with van der Waals surface area (Å²) in [6.07, 6.45) is 8.45. The number of benzene rings is 2. The monoisotopic (exact) mass is 522 g/mol. The van der Waals surface area contributed by atoms with Crippen molar-refractivity contribution in [3.05, 3.63) is 46.7 Å². The van der Waals surface area contributed by atoms with Gasteiger partial charge >= 0.3 is 5.97 Å². The number of anilines is 1. The van der Waals surface area contributed by atoms with Crippen molar-refractivity contribution < 1.29 is 22.7 Å². The molecule has 1 atom stereocenters. The number of fused-ring (bicyclic) bond motifs is 1. The molecule has 9 heteroatoms. The molecule has 0 spiro atoms. The molecule has 6 nitrogen and oxygen atoms in total. The van der Waals surface area contributed by atoms with Gasteiger partial charge < -0.3 is 10.0 Å². The minimum absolute atomic E-state index is 0.118. The van der Waals surface area contributed by atoms with Gasteiger partial charge in [0, 0.05) is 24.7 Å². The predicted octanol–water partition coefficient (Wildman–Crippen LogP) is 6.08. The molecule has 4 rings (SSSR count). The normalized spacial score (nSPS) is 20.3. The first-order valence-electron chi connectivity index (χ1n) is 12.3. The summed E-state index contributed by atoms with van der Waals surface area (Å²) in [5, 5.41) is 9.61. The van der Waals surface area contributed by atoms with Gasteiger partial charge in [-0.1, -0.05) is 56.7 Å². The zero-order valence-electron chi connectivity index (χ0n) is 19.9. The molecule has 2 aromatic rings. The fraction of sp³-hybridized carbons (Fsp3) is 0.500. The third-order valence-electron chi connectivity index (χ3n) is 7.16. The number of aromatic carboxylic acids is 1. The van der Waals surface area contributed by atoms with Crippen molar-refractivity contribution in [1.29, 1.82) is 0 Å². The van der Waals surface area contributed by atoms with Gasteiger partial charge in [-0.3, -0.25) is 0 Å². The Morgan fingerprint density at radius 2 is 1.91 bits per heavy atom. The lowest BCUT2D eigenvalue weighted by Gasteiger charge is -2.33. The van der Waals surface area contributed by atoms with Crippen molar-refractivity contribution in [3.63, 3.8) is 0 Å². The lowest BCUT2D eigenvalue weighted by molar-refractivity contribution is 0.0692. The fourth-order valence-electron chi connectivity index (χ4n) is 5.27. The number of unbranched alkanes of at least 4 members (excludes halogenated alkanes) is 2. The number of nitrogens with zero attached hydrogens (tertiary/aromatic N) is 1. The van der Waals surface area contributed by atoms with Crippen LogP contribution in [-0.2, 0) is 10.0 Å². The third kappa shape index (κ3) is 5.65. The minimum Gasteiger partial charge on any atom is -0.478 e. The van der Waals surface area contributed by atoms with Crippen LogP contribution in [-0.4, -0.2) is 38.6 Å². The maximum Gasteiger partial charge on any atom is 0.338 e. The Kier molecular flexibility index (Phi) is 8.03. The van der Waals surface area contributed by atoms with E-state index >= 15 is 0 Å². The molecular formula is C26H32ClFN2O4S. The van der Waals surface area contributed by atoms with E-state index < -0.39 is 27.4 Å². The summed E-state index contributed by atoms with van der Waals surface area (Å²) in [7, 11) is -3.86. The first kappa shape index (κ1) is 25.9. The lowest BCUT2D eigenvalue weighted by Crippen LogP contribution is -2.46. The molecule has 2 aliphatic rings. The van der Waals surface area contributed by atoms with Crippen LogP contribution in [0.5, 0.6) is 0 Å². The van der Waals surface area contributed by atoms with Gasteiger partial charge in [-0.25, -0.2) is 22.3 Å². The van der Waals surface area contributed by atoms with E-state index in [2.05, 4.69) is 16.5 Å². The summed E-state index contributed by atoms with van der Waals surface area (Å²) < 4.78 is 44.2. The highest BCUT2D eigenvalue weighted by Gasteiger charge is 2.36. The predicted molar refractivity (Wildman–Crippen MR) is 136 cm³/mol. The Morgan fingerprint density at radius 1 is 1.17 bits per heavy atom. The van der Waals surface area contributed by atoms with Gasteiger partial charge in [-0.2, -0.15) is 0 Å². The average Bonchev–Trinajstić information content (AvgIpc) is 2.93. The van der Waals surface area contributed by atoms with Crippen molar-refractivity contribution in [2.75, 3.05) is 18.0 Å². The van der Waals surface area contributed by atoms with E-state index in [-0.39, 0.29) is 16.9 Å². The molecule has 2 N–H and O–H groups in total. The number of carboxylic acids is 1. The molecule has 0 amide bonds. The molecule has 0 radical (unpaired) electrons. The van der Waals surface area contributed by atoms with Gasteiger partial charge in [0.25, 0.3) is 0 Å². The number of hydrogen-bond acceptors (Lipinski definition) is 4. The number of sulfonamides is 1. The molecule has 0 bridgehead atoms. The van der Waals surface area contributed by atoms with Crippen LogP contribution in [0.15, 0.2) is 35.2 Å². The van der Waals surface area contributed by atoms with Crippen LogP contribution in [0.4, 0.5) is 10.1 Å². The van der Waals surface area contributed by atoms with E-state index in [0.717, 1.165) is 57.6 Å². The largest absolute Gasteiger partial charge is 0.478 e. The SMILES string of the molecule is CCCCCN1C[C@@H](C2CCCCC2)NS(=O)(=O)c2cc(-c3ccc(F)c(C(=O)O)c3)c(Cl)cc21. The molecule has 1 saturated carbocycles. The van der Waals surface area contributed by atoms with Gasteiger partial charge in [0.15, 0.2) is 0 Å². The number of carbonyl (C=O) groups is 1. The molecule has 190 valence electrons. The highest BCUT2D eigenvalue weighted by Crippen LogP contribution is 2.40. The molecule has 1 heterocycles. The highest BCUT2D eigenvalue weighted by atomic mass is 35.5. The summed E-state index contributed by atoms with van der Waals surface area (Å²) in [6.45, 7) is 3.43. The van der Waals surface area contributed by atoms with Crippen molar-refractivity contribution >= 4 is 33.3 Å². The summed E-state index contributed by atoms with van der Waals surface area (Å²) in [5.41, 5.74) is 0.759. The number of halogens is 2. The zero-order valence-corrected chi connectivity index (χ0v) is 21.5. The summed E-state index contributed by atoms with van der Waals surface area (Å²) >= 11 is 6.64. The van der Waals surface area contributed by atoms with Crippen LogP contribution in [0.2, 0.25) is 5.02 Å². The zero-order chi connectivity index (χ0) is 25.2. The third-order valence-corrected chi connectivity index (χ3v) is 8.99. The van der Waals surface area contributed by atoms with Crippen molar-refractivity contribution in [1.82, 2.24) is 4.72 Å². The molecule has 2 aromatic carbocycles. The van der Waals surface area contributed by atoms with E-state index in [4.69, 9.17) is 11.6 Å². The fourth-order valence-corrected chi connectivity index (χ4v) is 7.06. The van der Waals surface area contributed by atoms with Crippen LogP contribution in [0, 0.1) is 11.7 Å². The van der Waals surface area contributed by atoms with Gasteiger partial charge in [-0.05, 0) is 55.0 Å². The average molecular weight is 523 g/mol. The smallest absolute Gasteiger partial charge is 0.338 e. The number of nitrogens with one attached hydrogen (secondary N) is 1. The van der Waals surface area contributed by atoms with Gasteiger partial charge in [0.05, 0.1) is 16.3 Å². The molecule has 35 heavy (non-hydrogen) atoms. The van der Waals surface area contributed by atoms with E-state index in [9.17, 15) is 22.7 Å². The topological polar surface area (TPSA) is 86.7 Å².